The Labute approximate surface area is 318 Å². The number of nitrogens with one attached hydrogen (secondary N) is 1. The summed E-state index contributed by atoms with van der Waals surface area (Å²) >= 11 is 18.6. The summed E-state index contributed by atoms with van der Waals surface area (Å²) in [6.45, 7) is 3.97. The van der Waals surface area contributed by atoms with Crippen molar-refractivity contribution in [2.75, 3.05) is 39.9 Å². The highest BCUT2D eigenvalue weighted by Gasteiger charge is 2.60. The monoisotopic (exact) mass is 796 g/mol. The van der Waals surface area contributed by atoms with Crippen molar-refractivity contribution in [3.05, 3.63) is 39.4 Å². The molecule has 18 heteroatoms. The van der Waals surface area contributed by atoms with Gasteiger partial charge in [0.2, 0.25) is 10.6 Å². The number of alkyl carbamates (subject to hydrolysis) is 1. The molecule has 5 aliphatic heterocycles. The van der Waals surface area contributed by atoms with Crippen LogP contribution in [0.15, 0.2) is 6.07 Å². The van der Waals surface area contributed by atoms with Crippen LogP contribution in [0.4, 0.5) is 4.79 Å². The van der Waals surface area contributed by atoms with Crippen LogP contribution in [0.25, 0.3) is 0 Å². The summed E-state index contributed by atoms with van der Waals surface area (Å²) in [6, 6.07) is 0.309. The molecule has 5 aliphatic rings. The summed E-state index contributed by atoms with van der Waals surface area (Å²) in [5.41, 5.74) is 3.97. The number of carbonyl (C=O) groups excluding carboxylic acids is 3. The van der Waals surface area contributed by atoms with Crippen LogP contribution in [-0.2, 0) is 25.5 Å². The molecular weight excluding hydrogens is 763 g/mol. The van der Waals surface area contributed by atoms with Crippen LogP contribution in [0.2, 0.25) is 0 Å². The molecule has 2 N–H and O–H groups in total. The molecule has 0 aliphatic carbocycles. The van der Waals surface area contributed by atoms with Crippen molar-refractivity contribution in [1.82, 2.24) is 15.1 Å². The maximum absolute atomic E-state index is 13.7. The molecule has 1 amide bonds. The van der Waals surface area contributed by atoms with E-state index in [9.17, 15) is 24.8 Å². The van der Waals surface area contributed by atoms with Crippen molar-refractivity contribution < 1.29 is 47.9 Å². The zero-order valence-electron chi connectivity index (χ0n) is 28.7. The maximum Gasteiger partial charge on any atom is 0.408 e. The van der Waals surface area contributed by atoms with E-state index in [0.29, 0.717) is 45.9 Å². The number of phenols is 1. The summed E-state index contributed by atoms with van der Waals surface area (Å²) in [5, 5.41) is 24.7. The molecule has 7 atom stereocenters. The first-order valence-corrected chi connectivity index (χ1v) is 18.6. The number of hydrogen-bond donors (Lipinski definition) is 2. The SMILES string of the molecule is COc1c(C)cc2c(c1O)[C@@H]1[C@@H]3C4SC[C@H](NC(=O)OCC(Cl)(Cl)Cl)C(=O)OC[C@@H](c5c6c(c(C)c(OC(C)=O)c54)OCO6)N3[C@@H](C#N)[C@H](C2)N1C. The first kappa shape index (κ1) is 36.8. The normalized spacial score (nSPS) is 27.7. The number of likely N-dealkylation sites (N-methyl/N-ethyl adjacent to an activating group) is 1. The molecule has 2 aromatic rings. The fourth-order valence-corrected chi connectivity index (χ4v) is 10.1. The fraction of sp³-hybridized carbons (Fsp3) is 0.529. The fourth-order valence-electron chi connectivity index (χ4n) is 8.40. The Bertz CT molecular complexity index is 1900. The summed E-state index contributed by atoms with van der Waals surface area (Å²) in [5.74, 6) is -0.00818. The van der Waals surface area contributed by atoms with E-state index in [1.165, 1.54) is 25.8 Å². The molecule has 0 aromatic heterocycles. The van der Waals surface area contributed by atoms with Gasteiger partial charge in [-0.05, 0) is 38.4 Å². The number of methoxy groups -OCH3 is 1. The van der Waals surface area contributed by atoms with Gasteiger partial charge in [-0.3, -0.25) is 14.6 Å². The van der Waals surface area contributed by atoms with Crippen LogP contribution in [0.5, 0.6) is 28.7 Å². The summed E-state index contributed by atoms with van der Waals surface area (Å²) < 4.78 is 32.8. The molecule has 2 saturated heterocycles. The molecule has 4 bridgehead atoms. The van der Waals surface area contributed by atoms with E-state index >= 15 is 0 Å². The summed E-state index contributed by atoms with van der Waals surface area (Å²) in [7, 11) is 3.42. The number of carbonyl (C=O) groups is 3. The molecule has 7 rings (SSSR count). The molecule has 0 spiro atoms. The minimum absolute atomic E-state index is 0.00825. The van der Waals surface area contributed by atoms with Crippen LogP contribution in [0.3, 0.4) is 0 Å². The number of halogens is 3. The quantitative estimate of drug-likeness (QED) is 0.248. The molecule has 2 fully saturated rings. The Morgan fingerprint density at radius 1 is 1.15 bits per heavy atom. The number of piperazine rings is 1. The second kappa shape index (κ2) is 13.7. The Hall–Kier alpha value is -3.52. The summed E-state index contributed by atoms with van der Waals surface area (Å²) in [4.78, 5) is 43.4. The Morgan fingerprint density at radius 2 is 1.88 bits per heavy atom. The maximum atomic E-state index is 13.7. The third kappa shape index (κ3) is 6.01. The minimum atomic E-state index is -1.88. The lowest BCUT2D eigenvalue weighted by Gasteiger charge is -2.61. The number of phenolic OH excluding ortho intramolecular Hbond substituents is 1. The Balaban J connectivity index is 1.45. The van der Waals surface area contributed by atoms with Crippen LogP contribution in [0, 0.1) is 25.2 Å². The van der Waals surface area contributed by atoms with Crippen molar-refractivity contribution in [3.8, 4) is 34.8 Å². The van der Waals surface area contributed by atoms with Gasteiger partial charge in [0, 0.05) is 47.0 Å². The summed E-state index contributed by atoms with van der Waals surface area (Å²) in [6.07, 6.45) is -0.553. The van der Waals surface area contributed by atoms with Gasteiger partial charge in [-0.2, -0.15) is 5.26 Å². The van der Waals surface area contributed by atoms with Gasteiger partial charge in [-0.1, -0.05) is 40.9 Å². The predicted octanol–water partition coefficient (Wildman–Crippen LogP) is 4.70. The van der Waals surface area contributed by atoms with E-state index in [1.807, 2.05) is 20.0 Å². The second-order valence-electron chi connectivity index (χ2n) is 13.3. The molecular formula is C34H35Cl3N4O10S. The number of cyclic esters (lactones) is 1. The van der Waals surface area contributed by atoms with Gasteiger partial charge in [0.15, 0.2) is 23.0 Å². The highest BCUT2D eigenvalue weighted by molar-refractivity contribution is 7.99. The number of hydrogen-bond acceptors (Lipinski definition) is 14. The van der Waals surface area contributed by atoms with E-state index in [4.69, 9.17) is 63.2 Å². The minimum Gasteiger partial charge on any atom is -0.504 e. The molecule has 1 unspecified atom stereocenters. The Morgan fingerprint density at radius 3 is 2.56 bits per heavy atom. The van der Waals surface area contributed by atoms with E-state index in [0.717, 1.165) is 11.1 Å². The Kier molecular flexibility index (Phi) is 9.71. The van der Waals surface area contributed by atoms with E-state index in [1.54, 1.807) is 6.92 Å². The molecule has 5 heterocycles. The lowest BCUT2D eigenvalue weighted by atomic mass is 9.71. The number of ether oxygens (including phenoxy) is 6. The van der Waals surface area contributed by atoms with Gasteiger partial charge in [0.1, 0.15) is 31.0 Å². The first-order valence-electron chi connectivity index (χ1n) is 16.4. The molecule has 0 saturated carbocycles. The number of aromatic hydroxyl groups is 1. The second-order valence-corrected chi connectivity index (χ2v) is 17.0. The van der Waals surface area contributed by atoms with Crippen molar-refractivity contribution >= 4 is 64.6 Å². The molecule has 0 radical (unpaired) electrons. The third-order valence-electron chi connectivity index (χ3n) is 10.3. The van der Waals surface area contributed by atoms with Gasteiger partial charge < -0.3 is 38.8 Å². The molecule has 2 aromatic carbocycles. The van der Waals surface area contributed by atoms with Crippen LogP contribution < -0.4 is 24.3 Å². The van der Waals surface area contributed by atoms with Crippen molar-refractivity contribution in [2.24, 2.45) is 0 Å². The van der Waals surface area contributed by atoms with Gasteiger partial charge in [0.25, 0.3) is 0 Å². The smallest absolute Gasteiger partial charge is 0.408 e. The van der Waals surface area contributed by atoms with Crippen LogP contribution >= 0.6 is 46.6 Å². The average Bonchev–Trinajstić information content (AvgIpc) is 3.57. The van der Waals surface area contributed by atoms with Crippen molar-refractivity contribution in [3.63, 3.8) is 0 Å². The van der Waals surface area contributed by atoms with Crippen molar-refractivity contribution in [1.29, 1.82) is 5.26 Å². The first-order chi connectivity index (χ1) is 24.7. The standard InChI is InChI=1S/C34H35Cl3N4O10S/c1-13-6-16-7-18-19(8-38)41-20-9-47-32(44)17(39-33(45)48-11-34(35,36)37)10-52-31(25(41)24(40(18)4)21(16)26(43)27(13)46-5)23-22(20)30-29(49-12-50-30)14(2)28(23)51-15(3)42/h6,17-20,24-25,31,43H,7,9-12H2,1-5H3,(H,39,45)/t17-,18-,19-,20-,24+,25+,31?/m0/s1. The van der Waals surface area contributed by atoms with Crippen LogP contribution in [0.1, 0.15) is 57.6 Å². The zero-order chi connectivity index (χ0) is 37.4. The number of esters is 2. The largest absolute Gasteiger partial charge is 0.504 e. The third-order valence-corrected chi connectivity index (χ3v) is 12.0. The van der Waals surface area contributed by atoms with E-state index < -0.39 is 63.9 Å². The number of aryl methyl sites for hydroxylation is 1. The van der Waals surface area contributed by atoms with Gasteiger partial charge in [-0.25, -0.2) is 9.59 Å². The van der Waals surface area contributed by atoms with Gasteiger partial charge >= 0.3 is 18.0 Å². The number of nitriles is 1. The lowest BCUT2D eigenvalue weighted by Crippen LogP contribution is -2.69. The number of alkyl halides is 3. The number of benzene rings is 2. The number of nitrogens with zero attached hydrogens (tertiary/aromatic N) is 3. The van der Waals surface area contributed by atoms with Crippen LogP contribution in [-0.4, -0.2) is 101 Å². The highest BCUT2D eigenvalue weighted by atomic mass is 35.6. The molecule has 278 valence electrons. The number of amides is 1. The highest BCUT2D eigenvalue weighted by Crippen LogP contribution is 2.64. The number of rotatable bonds is 4. The van der Waals surface area contributed by atoms with E-state index in [-0.39, 0.29) is 36.7 Å². The average molecular weight is 798 g/mol. The predicted molar refractivity (Wildman–Crippen MR) is 188 cm³/mol. The lowest BCUT2D eigenvalue weighted by molar-refractivity contribution is -0.151. The van der Waals surface area contributed by atoms with Gasteiger partial charge in [0.05, 0.1) is 30.5 Å². The van der Waals surface area contributed by atoms with Gasteiger partial charge in [-0.15, -0.1) is 11.8 Å². The zero-order valence-corrected chi connectivity index (χ0v) is 31.7. The van der Waals surface area contributed by atoms with E-state index in [2.05, 4.69) is 21.2 Å². The van der Waals surface area contributed by atoms with Crippen molar-refractivity contribution in [2.45, 2.75) is 72.5 Å². The molecule has 52 heavy (non-hydrogen) atoms. The topological polar surface area (TPSA) is 169 Å². The number of fused-ring (bicyclic) bond motifs is 9. The molecule has 14 nitrogen and oxygen atoms in total. The number of thioether (sulfide) groups is 1.